The van der Waals surface area contributed by atoms with E-state index in [0.29, 0.717) is 32.5 Å². The third-order valence-electron chi connectivity index (χ3n) is 5.56. The summed E-state index contributed by atoms with van der Waals surface area (Å²) in [7, 11) is 0. The maximum absolute atomic E-state index is 12.9. The smallest absolute Gasteiger partial charge is 0.317 e. The van der Waals surface area contributed by atoms with E-state index in [1.165, 1.54) is 0 Å². The summed E-state index contributed by atoms with van der Waals surface area (Å²) in [4.78, 5) is 35.9. The molecule has 0 radical (unpaired) electrons. The van der Waals surface area contributed by atoms with Crippen molar-refractivity contribution in [2.24, 2.45) is 0 Å². The molecule has 1 fully saturated rings. The van der Waals surface area contributed by atoms with Crippen molar-refractivity contribution in [3.05, 3.63) is 48.3 Å². The van der Waals surface area contributed by atoms with Gasteiger partial charge in [-0.1, -0.05) is 6.07 Å². The van der Waals surface area contributed by atoms with Gasteiger partial charge in [0.05, 0.1) is 13.0 Å². The molecule has 1 unspecified atom stereocenters. The van der Waals surface area contributed by atoms with E-state index >= 15 is 0 Å². The molecule has 8 nitrogen and oxygen atoms in total. The number of rotatable bonds is 4. The minimum Gasteiger partial charge on any atom is -0.354 e. The van der Waals surface area contributed by atoms with Crippen LogP contribution in [-0.4, -0.2) is 56.5 Å². The Bertz CT molecular complexity index is 871. The first-order valence-electron chi connectivity index (χ1n) is 10.1. The van der Waals surface area contributed by atoms with Gasteiger partial charge in [-0.15, -0.1) is 0 Å². The molecule has 1 N–H and O–H groups in total. The Hall–Kier alpha value is -2.74. The number of urea groups is 1. The predicted molar refractivity (Wildman–Crippen MR) is 106 cm³/mol. The molecule has 2 aromatic heterocycles. The van der Waals surface area contributed by atoms with Crippen LogP contribution in [0.1, 0.15) is 38.2 Å². The number of likely N-dealkylation sites (tertiary alicyclic amines) is 1. The molecule has 1 spiro atoms. The number of carbonyl (C=O) groups is 2. The number of ether oxygens (including phenoxy) is 1. The minimum absolute atomic E-state index is 0.0161. The molecule has 1 saturated heterocycles. The van der Waals surface area contributed by atoms with Crippen LogP contribution >= 0.6 is 0 Å². The molecule has 0 aliphatic carbocycles. The molecule has 2 amide bonds. The van der Waals surface area contributed by atoms with Crippen molar-refractivity contribution in [3.63, 3.8) is 0 Å². The Balaban J connectivity index is 1.49. The normalized spacial score (nSPS) is 20.5. The summed E-state index contributed by atoms with van der Waals surface area (Å²) in [6, 6.07) is 5.60. The van der Waals surface area contributed by atoms with E-state index in [0.717, 1.165) is 11.5 Å². The summed E-state index contributed by atoms with van der Waals surface area (Å²) in [5.74, 6) is 0.866. The Morgan fingerprint density at radius 3 is 2.72 bits per heavy atom. The zero-order valence-electron chi connectivity index (χ0n) is 16.9. The van der Waals surface area contributed by atoms with Crippen LogP contribution in [0, 0.1) is 0 Å². The van der Waals surface area contributed by atoms with Crippen molar-refractivity contribution in [2.45, 2.75) is 57.4 Å². The Morgan fingerprint density at radius 2 is 2.03 bits per heavy atom. The molecule has 2 aliphatic rings. The molecule has 1 atom stereocenters. The molecular formula is C21H27N5O3. The average Bonchev–Trinajstić information content (AvgIpc) is 3.18. The molecule has 2 aliphatic heterocycles. The van der Waals surface area contributed by atoms with E-state index in [2.05, 4.69) is 15.3 Å². The van der Waals surface area contributed by atoms with Crippen LogP contribution < -0.4 is 5.32 Å². The topological polar surface area (TPSA) is 89.4 Å². The monoisotopic (exact) mass is 397 g/mol. The summed E-state index contributed by atoms with van der Waals surface area (Å²) in [6.07, 6.45) is 6.27. The molecule has 2 aromatic rings. The van der Waals surface area contributed by atoms with Crippen LogP contribution in [0.3, 0.4) is 0 Å². The number of imidazole rings is 1. The molecule has 154 valence electrons. The highest BCUT2D eigenvalue weighted by molar-refractivity contribution is 5.85. The number of ketones is 1. The Morgan fingerprint density at radius 1 is 1.24 bits per heavy atom. The van der Waals surface area contributed by atoms with Gasteiger partial charge in [-0.05, 0) is 26.0 Å². The van der Waals surface area contributed by atoms with E-state index in [9.17, 15) is 9.59 Å². The van der Waals surface area contributed by atoms with Crippen LogP contribution in [0.25, 0.3) is 0 Å². The average molecular weight is 397 g/mol. The van der Waals surface area contributed by atoms with Gasteiger partial charge in [0.25, 0.3) is 0 Å². The second kappa shape index (κ2) is 7.94. The van der Waals surface area contributed by atoms with Crippen LogP contribution in [0.4, 0.5) is 4.79 Å². The third kappa shape index (κ3) is 4.03. The van der Waals surface area contributed by atoms with Crippen molar-refractivity contribution in [2.75, 3.05) is 13.1 Å². The fourth-order valence-electron chi connectivity index (χ4n) is 4.11. The summed E-state index contributed by atoms with van der Waals surface area (Å²) < 4.78 is 8.45. The Kier molecular flexibility index (Phi) is 5.36. The van der Waals surface area contributed by atoms with E-state index in [1.54, 1.807) is 17.3 Å². The van der Waals surface area contributed by atoms with Gasteiger partial charge in [0.1, 0.15) is 17.5 Å². The van der Waals surface area contributed by atoms with Gasteiger partial charge in [-0.3, -0.25) is 9.78 Å². The molecule has 29 heavy (non-hydrogen) atoms. The largest absolute Gasteiger partial charge is 0.354 e. The van der Waals surface area contributed by atoms with Crippen molar-refractivity contribution < 1.29 is 14.3 Å². The van der Waals surface area contributed by atoms with Crippen molar-refractivity contribution in [1.29, 1.82) is 0 Å². The van der Waals surface area contributed by atoms with E-state index in [1.807, 2.05) is 42.8 Å². The number of fused-ring (bicyclic) bond motifs is 2. The van der Waals surface area contributed by atoms with E-state index < -0.39 is 11.7 Å². The zero-order valence-corrected chi connectivity index (χ0v) is 16.9. The third-order valence-corrected chi connectivity index (χ3v) is 5.56. The molecule has 0 aromatic carbocycles. The highest BCUT2D eigenvalue weighted by Crippen LogP contribution is 2.40. The van der Waals surface area contributed by atoms with Gasteiger partial charge < -0.3 is 19.5 Å². The quantitative estimate of drug-likeness (QED) is 0.851. The van der Waals surface area contributed by atoms with Crippen molar-refractivity contribution >= 4 is 11.8 Å². The van der Waals surface area contributed by atoms with Gasteiger partial charge in [-0.2, -0.15) is 0 Å². The zero-order chi connectivity index (χ0) is 20.4. The molecule has 8 heteroatoms. The summed E-state index contributed by atoms with van der Waals surface area (Å²) in [6.45, 7) is 5.48. The number of hydrogen-bond donors (Lipinski definition) is 1. The first-order valence-corrected chi connectivity index (χ1v) is 10.1. The number of piperidine rings is 1. The van der Waals surface area contributed by atoms with Crippen LogP contribution in [0.2, 0.25) is 0 Å². The summed E-state index contributed by atoms with van der Waals surface area (Å²) >= 11 is 0. The lowest BCUT2D eigenvalue weighted by atomic mass is 9.88. The van der Waals surface area contributed by atoms with Crippen LogP contribution in [0.15, 0.2) is 36.8 Å². The number of amides is 2. The number of carbonyl (C=O) groups excluding carboxylic acids is 2. The number of aromatic nitrogens is 3. The number of Topliss-reactive ketones (excluding diaryl/α,β-unsaturated/α-hetero) is 1. The first-order chi connectivity index (χ1) is 14.0. The number of nitrogens with one attached hydrogen (secondary N) is 1. The maximum atomic E-state index is 12.9. The minimum atomic E-state index is -0.638. The highest BCUT2D eigenvalue weighted by atomic mass is 16.5. The Labute approximate surface area is 170 Å². The molecule has 0 saturated carbocycles. The second-order valence-electron chi connectivity index (χ2n) is 8.06. The number of hydrogen-bond acceptors (Lipinski definition) is 5. The van der Waals surface area contributed by atoms with Gasteiger partial charge in [0, 0.05) is 56.3 Å². The lowest BCUT2D eigenvalue weighted by Gasteiger charge is -2.45. The van der Waals surface area contributed by atoms with E-state index in [4.69, 9.17) is 4.74 Å². The highest BCUT2D eigenvalue weighted by Gasteiger charge is 2.47. The van der Waals surface area contributed by atoms with Crippen molar-refractivity contribution in [1.82, 2.24) is 24.8 Å². The SMILES string of the molecule is CC(C)NC(=O)N1CCC2(CC1)OC(C(=O)Cc1ccccn1)Cn1ccnc12. The summed E-state index contributed by atoms with van der Waals surface area (Å²) in [5, 5.41) is 2.94. The summed E-state index contributed by atoms with van der Waals surface area (Å²) in [5.41, 5.74) is 0.104. The number of nitrogens with zero attached hydrogens (tertiary/aromatic N) is 4. The fourth-order valence-corrected chi connectivity index (χ4v) is 4.11. The number of pyridine rings is 1. The van der Waals surface area contributed by atoms with Crippen LogP contribution in [-0.2, 0) is 28.1 Å². The first kappa shape index (κ1) is 19.6. The van der Waals surface area contributed by atoms with Gasteiger partial charge in [0.15, 0.2) is 5.78 Å². The molecule has 4 rings (SSSR count). The van der Waals surface area contributed by atoms with Crippen LogP contribution in [0.5, 0.6) is 0 Å². The van der Waals surface area contributed by atoms with Gasteiger partial charge >= 0.3 is 6.03 Å². The lowest BCUT2D eigenvalue weighted by Crippen LogP contribution is -2.55. The second-order valence-corrected chi connectivity index (χ2v) is 8.06. The maximum Gasteiger partial charge on any atom is 0.317 e. The fraction of sp³-hybridized carbons (Fsp3) is 0.524. The van der Waals surface area contributed by atoms with E-state index in [-0.39, 0.29) is 24.3 Å². The molecule has 4 heterocycles. The standard InChI is InChI=1S/C21H27N5O3/c1-15(2)24-20(28)25-10-6-21(7-11-25)19-23-9-12-26(19)14-18(29-21)17(27)13-16-5-3-4-8-22-16/h3-5,8-9,12,15,18H,6-7,10-11,13-14H2,1-2H3,(H,24,28). The van der Waals surface area contributed by atoms with Gasteiger partial charge in [0.2, 0.25) is 0 Å². The molecule has 0 bridgehead atoms. The van der Waals surface area contributed by atoms with Gasteiger partial charge in [-0.25, -0.2) is 9.78 Å². The van der Waals surface area contributed by atoms with Crippen molar-refractivity contribution in [3.8, 4) is 0 Å². The predicted octanol–water partition coefficient (Wildman–Crippen LogP) is 1.90. The molecular weight excluding hydrogens is 370 g/mol. The lowest BCUT2D eigenvalue weighted by molar-refractivity contribution is -0.169.